The fourth-order valence-electron chi connectivity index (χ4n) is 2.90. The van der Waals surface area contributed by atoms with E-state index in [2.05, 4.69) is 0 Å². The topological polar surface area (TPSA) is 66.7 Å². The number of carbonyl (C=O) groups excluding carboxylic acids is 1. The highest BCUT2D eigenvalue weighted by molar-refractivity contribution is 5.92. The van der Waals surface area contributed by atoms with E-state index in [0.29, 0.717) is 26.2 Å². The second-order valence-electron chi connectivity index (χ2n) is 6.05. The monoisotopic (exact) mass is 373 g/mol. The number of nitro groups is 1. The van der Waals surface area contributed by atoms with Crippen LogP contribution in [0.2, 0.25) is 0 Å². The Balaban J connectivity index is 1.59. The Morgan fingerprint density at radius 2 is 1.59 bits per heavy atom. The maximum absolute atomic E-state index is 13.6. The third-order valence-corrected chi connectivity index (χ3v) is 4.41. The molecule has 0 radical (unpaired) electrons. The number of amides is 1. The predicted molar refractivity (Wildman–Crippen MR) is 97.3 cm³/mol. The second-order valence-corrected chi connectivity index (χ2v) is 6.05. The Morgan fingerprint density at radius 1 is 1.00 bits per heavy atom. The van der Waals surface area contributed by atoms with Crippen LogP contribution in [0.25, 0.3) is 6.08 Å². The summed E-state index contributed by atoms with van der Waals surface area (Å²) in [4.78, 5) is 26.1. The summed E-state index contributed by atoms with van der Waals surface area (Å²) in [6, 6.07) is 9.78. The van der Waals surface area contributed by atoms with Gasteiger partial charge in [0.15, 0.2) is 0 Å². The standard InChI is InChI=1S/C19H17F2N3O3/c20-17-2-1-3-18(21)16(17)8-9-19(25)23-12-10-22(11-13-23)14-4-6-15(7-5-14)24(26)27/h1-9H,10-13H2/b9-8+. The number of carbonyl (C=O) groups is 1. The van der Waals surface area contributed by atoms with Crippen molar-refractivity contribution >= 4 is 23.4 Å². The summed E-state index contributed by atoms with van der Waals surface area (Å²) in [7, 11) is 0. The molecule has 0 aliphatic carbocycles. The summed E-state index contributed by atoms with van der Waals surface area (Å²) in [5.41, 5.74) is 0.630. The molecule has 0 unspecified atom stereocenters. The molecule has 1 amide bonds. The predicted octanol–water partition coefficient (Wildman–Crippen LogP) is 3.24. The van der Waals surface area contributed by atoms with E-state index in [1.165, 1.54) is 24.3 Å². The van der Waals surface area contributed by atoms with Crippen LogP contribution in [0.4, 0.5) is 20.2 Å². The molecule has 27 heavy (non-hydrogen) atoms. The first kappa shape index (κ1) is 18.5. The lowest BCUT2D eigenvalue weighted by Gasteiger charge is -2.35. The molecule has 1 saturated heterocycles. The van der Waals surface area contributed by atoms with Gasteiger partial charge in [-0.1, -0.05) is 6.07 Å². The Bertz CT molecular complexity index is 856. The number of nitro benzene ring substituents is 1. The van der Waals surface area contributed by atoms with Crippen molar-refractivity contribution in [3.8, 4) is 0 Å². The van der Waals surface area contributed by atoms with Crippen LogP contribution in [-0.4, -0.2) is 41.9 Å². The van der Waals surface area contributed by atoms with Crippen LogP contribution in [0.15, 0.2) is 48.5 Å². The molecule has 0 saturated carbocycles. The number of non-ortho nitro benzene ring substituents is 1. The third-order valence-electron chi connectivity index (χ3n) is 4.41. The minimum absolute atomic E-state index is 0.0260. The van der Waals surface area contributed by atoms with Crippen molar-refractivity contribution in [1.29, 1.82) is 0 Å². The lowest BCUT2D eigenvalue weighted by atomic mass is 10.1. The average Bonchev–Trinajstić information content (AvgIpc) is 2.67. The maximum atomic E-state index is 13.6. The first-order chi connectivity index (χ1) is 13.0. The summed E-state index contributed by atoms with van der Waals surface area (Å²) < 4.78 is 27.2. The van der Waals surface area contributed by atoms with Crippen LogP contribution in [0.5, 0.6) is 0 Å². The Hall–Kier alpha value is -3.29. The molecule has 0 bridgehead atoms. The van der Waals surface area contributed by atoms with E-state index in [1.807, 2.05) is 4.90 Å². The molecule has 0 N–H and O–H groups in total. The zero-order valence-electron chi connectivity index (χ0n) is 14.3. The van der Waals surface area contributed by atoms with Crippen molar-refractivity contribution in [2.24, 2.45) is 0 Å². The van der Waals surface area contributed by atoms with E-state index in [0.717, 1.165) is 23.9 Å². The molecule has 1 heterocycles. The van der Waals surface area contributed by atoms with Crippen LogP contribution in [0, 0.1) is 21.7 Å². The Morgan fingerprint density at radius 3 is 2.15 bits per heavy atom. The molecule has 8 heteroatoms. The number of piperazine rings is 1. The molecule has 1 fully saturated rings. The molecule has 140 valence electrons. The zero-order valence-corrected chi connectivity index (χ0v) is 14.3. The number of hydrogen-bond acceptors (Lipinski definition) is 4. The molecule has 0 aromatic heterocycles. The second kappa shape index (κ2) is 7.94. The van der Waals surface area contributed by atoms with Gasteiger partial charge in [0, 0.05) is 55.6 Å². The van der Waals surface area contributed by atoms with Crippen molar-refractivity contribution in [1.82, 2.24) is 4.90 Å². The van der Waals surface area contributed by atoms with Gasteiger partial charge in [0.25, 0.3) is 5.69 Å². The number of halogens is 2. The minimum atomic E-state index is -0.720. The van der Waals surface area contributed by atoms with Crippen LogP contribution >= 0.6 is 0 Å². The van der Waals surface area contributed by atoms with Gasteiger partial charge in [-0.3, -0.25) is 14.9 Å². The number of anilines is 1. The van der Waals surface area contributed by atoms with Crippen molar-refractivity contribution in [2.75, 3.05) is 31.1 Å². The third kappa shape index (κ3) is 4.28. The van der Waals surface area contributed by atoms with E-state index in [9.17, 15) is 23.7 Å². The lowest BCUT2D eigenvalue weighted by molar-refractivity contribution is -0.384. The fraction of sp³-hybridized carbons (Fsp3) is 0.211. The van der Waals surface area contributed by atoms with E-state index >= 15 is 0 Å². The van der Waals surface area contributed by atoms with Crippen LogP contribution in [0.1, 0.15) is 5.56 Å². The highest BCUT2D eigenvalue weighted by atomic mass is 19.1. The SMILES string of the molecule is O=C(/C=C/c1c(F)cccc1F)N1CCN(c2ccc([N+](=O)[O-])cc2)CC1. The quantitative estimate of drug-likeness (QED) is 0.469. The van der Waals surface area contributed by atoms with Gasteiger partial charge < -0.3 is 9.80 Å². The Labute approximate surface area is 154 Å². The van der Waals surface area contributed by atoms with Crippen molar-refractivity contribution in [2.45, 2.75) is 0 Å². The smallest absolute Gasteiger partial charge is 0.269 e. The summed E-state index contributed by atoms with van der Waals surface area (Å²) >= 11 is 0. The molecule has 1 aliphatic rings. The van der Waals surface area contributed by atoms with E-state index in [4.69, 9.17) is 0 Å². The minimum Gasteiger partial charge on any atom is -0.368 e. The van der Waals surface area contributed by atoms with Crippen molar-refractivity contribution < 1.29 is 18.5 Å². The Kier molecular flexibility index (Phi) is 5.44. The van der Waals surface area contributed by atoms with Gasteiger partial charge in [0.05, 0.1) is 4.92 Å². The van der Waals surface area contributed by atoms with E-state index < -0.39 is 16.6 Å². The molecule has 6 nitrogen and oxygen atoms in total. The number of nitrogens with zero attached hydrogens (tertiary/aromatic N) is 3. The molecule has 3 rings (SSSR count). The van der Waals surface area contributed by atoms with Gasteiger partial charge >= 0.3 is 0 Å². The molecule has 2 aromatic carbocycles. The van der Waals surface area contributed by atoms with Gasteiger partial charge in [0.1, 0.15) is 11.6 Å². The number of rotatable bonds is 4. The normalized spacial score (nSPS) is 14.6. The summed E-state index contributed by atoms with van der Waals surface area (Å²) in [5.74, 6) is -1.76. The average molecular weight is 373 g/mol. The van der Waals surface area contributed by atoms with Gasteiger partial charge in [-0.2, -0.15) is 0 Å². The first-order valence-corrected chi connectivity index (χ1v) is 8.36. The van der Waals surface area contributed by atoms with Crippen molar-refractivity contribution in [3.05, 3.63) is 75.9 Å². The van der Waals surface area contributed by atoms with Gasteiger partial charge in [-0.15, -0.1) is 0 Å². The van der Waals surface area contributed by atoms with E-state index in [1.54, 1.807) is 17.0 Å². The summed E-state index contributed by atoms with van der Waals surface area (Å²) in [6.45, 7) is 2.01. The number of hydrogen-bond donors (Lipinski definition) is 0. The van der Waals surface area contributed by atoms with Gasteiger partial charge in [-0.05, 0) is 30.3 Å². The summed E-state index contributed by atoms with van der Waals surface area (Å²) in [6.07, 6.45) is 2.32. The van der Waals surface area contributed by atoms with Crippen molar-refractivity contribution in [3.63, 3.8) is 0 Å². The largest absolute Gasteiger partial charge is 0.368 e. The highest BCUT2D eigenvalue weighted by Crippen LogP contribution is 2.21. The number of benzene rings is 2. The van der Waals surface area contributed by atoms with E-state index in [-0.39, 0.29) is 17.2 Å². The summed E-state index contributed by atoms with van der Waals surface area (Å²) in [5, 5.41) is 10.7. The van der Waals surface area contributed by atoms with Gasteiger partial charge in [0.2, 0.25) is 5.91 Å². The first-order valence-electron chi connectivity index (χ1n) is 8.36. The molecular weight excluding hydrogens is 356 g/mol. The highest BCUT2D eigenvalue weighted by Gasteiger charge is 2.20. The zero-order chi connectivity index (χ0) is 19.4. The fourth-order valence-corrected chi connectivity index (χ4v) is 2.90. The lowest BCUT2D eigenvalue weighted by Crippen LogP contribution is -2.48. The molecule has 1 aliphatic heterocycles. The molecule has 0 spiro atoms. The molecule has 0 atom stereocenters. The van der Waals surface area contributed by atoms with Gasteiger partial charge in [-0.25, -0.2) is 8.78 Å². The van der Waals surface area contributed by atoms with Crippen LogP contribution < -0.4 is 4.90 Å². The van der Waals surface area contributed by atoms with Crippen LogP contribution in [0.3, 0.4) is 0 Å². The maximum Gasteiger partial charge on any atom is 0.269 e. The van der Waals surface area contributed by atoms with Crippen LogP contribution in [-0.2, 0) is 4.79 Å². The molecular formula is C19H17F2N3O3. The molecule has 2 aromatic rings.